The molecule has 200 valence electrons. The van der Waals surface area contributed by atoms with E-state index in [0.29, 0.717) is 6.04 Å². The summed E-state index contributed by atoms with van der Waals surface area (Å²) in [4.78, 5) is 16.5. The zero-order chi connectivity index (χ0) is 26.2. The molecule has 0 radical (unpaired) electrons. The van der Waals surface area contributed by atoms with Gasteiger partial charge in [-0.1, -0.05) is 18.2 Å². The van der Waals surface area contributed by atoms with Crippen LogP contribution in [0.15, 0.2) is 24.9 Å². The lowest BCUT2D eigenvalue weighted by atomic mass is 9.60. The Labute approximate surface area is 227 Å². The monoisotopic (exact) mass is 534 g/mol. The van der Waals surface area contributed by atoms with Gasteiger partial charge in [-0.15, -0.1) is 0 Å². The van der Waals surface area contributed by atoms with Crippen molar-refractivity contribution in [3.63, 3.8) is 0 Å². The molecule has 4 aliphatic rings. The predicted molar refractivity (Wildman–Crippen MR) is 149 cm³/mol. The number of hydrogen-bond acceptors (Lipinski definition) is 5. The zero-order valence-corrected chi connectivity index (χ0v) is 23.0. The van der Waals surface area contributed by atoms with E-state index in [2.05, 4.69) is 46.3 Å². The number of carbonyl (C=O) groups is 1. The highest BCUT2D eigenvalue weighted by atomic mass is 35.5. The highest BCUT2D eigenvalue weighted by Crippen LogP contribution is 2.56. The van der Waals surface area contributed by atoms with Gasteiger partial charge in [0.1, 0.15) is 0 Å². The van der Waals surface area contributed by atoms with Crippen LogP contribution in [0.2, 0.25) is 5.02 Å². The quantitative estimate of drug-likeness (QED) is 0.466. The standard InChI is InChI=1S/C29H35ClN6O2/c1-4-23(37)34-16-28(17-34)13-20(14-28)36-19(3)24(25-21-15-31-32-22(21)12-18(2)26(25)30)27(33-36)35-9-5-6-29(35)7-10-38-11-8-29/h4,12,15,20H,1,5-11,13-14,16-17H2,2-3H3,(H,31,32). The molecule has 7 rings (SSSR count). The van der Waals surface area contributed by atoms with Gasteiger partial charge >= 0.3 is 0 Å². The van der Waals surface area contributed by atoms with Crippen LogP contribution in [0, 0.1) is 19.3 Å². The third-order valence-electron chi connectivity index (χ3n) is 9.74. The SMILES string of the molecule is C=CC(=O)N1CC2(CC(n3nc(N4CCCC45CCOCC5)c(-c4c(Cl)c(C)cc5[nH]ncc45)c3C)C2)C1. The minimum absolute atomic E-state index is 0.0351. The first-order valence-electron chi connectivity index (χ1n) is 13.8. The number of aromatic nitrogens is 4. The summed E-state index contributed by atoms with van der Waals surface area (Å²) in [6.45, 7) is 12.1. The zero-order valence-electron chi connectivity index (χ0n) is 22.2. The molecule has 8 nitrogen and oxygen atoms in total. The molecule has 1 aliphatic carbocycles. The molecule has 1 amide bonds. The summed E-state index contributed by atoms with van der Waals surface area (Å²) in [6.07, 6.45) is 9.78. The Bertz CT molecular complexity index is 1440. The Kier molecular flexibility index (Phi) is 5.47. The molecule has 0 unspecified atom stereocenters. The van der Waals surface area contributed by atoms with Crippen molar-refractivity contribution < 1.29 is 9.53 Å². The smallest absolute Gasteiger partial charge is 0.245 e. The summed E-state index contributed by atoms with van der Waals surface area (Å²) in [5.41, 5.74) is 5.65. The molecule has 4 fully saturated rings. The Hall–Kier alpha value is -2.84. The molecule has 1 aromatic carbocycles. The summed E-state index contributed by atoms with van der Waals surface area (Å²) in [5.74, 6) is 1.09. The van der Waals surface area contributed by atoms with E-state index in [-0.39, 0.29) is 16.9 Å². The summed E-state index contributed by atoms with van der Waals surface area (Å²) >= 11 is 7.10. The molecular formula is C29H35ClN6O2. The number of benzene rings is 1. The van der Waals surface area contributed by atoms with Crippen LogP contribution in [0.5, 0.6) is 0 Å². The van der Waals surface area contributed by atoms with Crippen LogP contribution in [0.3, 0.4) is 0 Å². The number of amides is 1. The van der Waals surface area contributed by atoms with E-state index in [4.69, 9.17) is 21.4 Å². The van der Waals surface area contributed by atoms with Crippen molar-refractivity contribution in [2.24, 2.45) is 5.41 Å². The Morgan fingerprint density at radius 1 is 1.21 bits per heavy atom. The summed E-state index contributed by atoms with van der Waals surface area (Å²) in [5, 5.41) is 14.7. The van der Waals surface area contributed by atoms with Crippen molar-refractivity contribution in [3.05, 3.63) is 41.2 Å². The van der Waals surface area contributed by atoms with E-state index in [0.717, 1.165) is 109 Å². The van der Waals surface area contributed by atoms with Gasteiger partial charge in [0.2, 0.25) is 5.91 Å². The Balaban J connectivity index is 1.32. The van der Waals surface area contributed by atoms with E-state index in [1.807, 2.05) is 11.1 Å². The molecule has 0 atom stereocenters. The minimum atomic E-state index is 0.0351. The number of anilines is 1. The van der Waals surface area contributed by atoms with Gasteiger partial charge in [-0.2, -0.15) is 10.2 Å². The number of H-pyrrole nitrogens is 1. The molecule has 1 N–H and O–H groups in total. The number of aromatic amines is 1. The van der Waals surface area contributed by atoms with Crippen LogP contribution in [0.1, 0.15) is 55.8 Å². The molecule has 38 heavy (non-hydrogen) atoms. The van der Waals surface area contributed by atoms with Gasteiger partial charge in [-0.05, 0) is 70.1 Å². The molecule has 5 heterocycles. The molecule has 2 spiro atoms. The number of nitrogens with one attached hydrogen (secondary N) is 1. The van der Waals surface area contributed by atoms with Crippen molar-refractivity contribution in [1.82, 2.24) is 24.9 Å². The van der Waals surface area contributed by atoms with E-state index in [9.17, 15) is 4.79 Å². The highest BCUT2D eigenvalue weighted by Gasteiger charge is 2.55. The van der Waals surface area contributed by atoms with Crippen molar-refractivity contribution in [2.75, 3.05) is 37.7 Å². The van der Waals surface area contributed by atoms with Crippen molar-refractivity contribution in [1.29, 1.82) is 0 Å². The lowest BCUT2D eigenvalue weighted by molar-refractivity contribution is -0.149. The van der Waals surface area contributed by atoms with Gasteiger partial charge in [-0.3, -0.25) is 14.6 Å². The van der Waals surface area contributed by atoms with Crippen LogP contribution < -0.4 is 4.90 Å². The van der Waals surface area contributed by atoms with Crippen molar-refractivity contribution >= 4 is 34.2 Å². The fourth-order valence-electron chi connectivity index (χ4n) is 7.75. The molecule has 9 heteroatoms. The second-order valence-corrected chi connectivity index (χ2v) is 12.4. The highest BCUT2D eigenvalue weighted by molar-refractivity contribution is 6.36. The van der Waals surface area contributed by atoms with E-state index in [1.54, 1.807) is 0 Å². The number of fused-ring (bicyclic) bond motifs is 1. The first kappa shape index (κ1) is 24.2. The lowest BCUT2D eigenvalue weighted by Gasteiger charge is -2.58. The lowest BCUT2D eigenvalue weighted by Crippen LogP contribution is -2.63. The molecule has 1 saturated carbocycles. The topological polar surface area (TPSA) is 79.3 Å². The fourth-order valence-corrected chi connectivity index (χ4v) is 8.00. The Morgan fingerprint density at radius 2 is 1.97 bits per heavy atom. The molecule has 3 aliphatic heterocycles. The third kappa shape index (κ3) is 3.42. The maximum absolute atomic E-state index is 12.0. The fraction of sp³-hybridized carbons (Fsp3) is 0.552. The summed E-state index contributed by atoms with van der Waals surface area (Å²) < 4.78 is 8.05. The van der Waals surface area contributed by atoms with Gasteiger partial charge < -0.3 is 14.5 Å². The number of aryl methyl sites for hydroxylation is 1. The maximum Gasteiger partial charge on any atom is 0.245 e. The molecule has 2 aromatic heterocycles. The number of rotatable bonds is 4. The number of halogens is 1. The van der Waals surface area contributed by atoms with Gasteiger partial charge in [0.15, 0.2) is 5.82 Å². The van der Waals surface area contributed by atoms with Crippen LogP contribution in [-0.2, 0) is 9.53 Å². The Morgan fingerprint density at radius 3 is 2.71 bits per heavy atom. The van der Waals surface area contributed by atoms with Crippen LogP contribution in [0.25, 0.3) is 22.0 Å². The normalized spacial score (nSPS) is 22.3. The third-order valence-corrected chi connectivity index (χ3v) is 10.2. The van der Waals surface area contributed by atoms with Crippen molar-refractivity contribution in [3.8, 4) is 11.1 Å². The largest absolute Gasteiger partial charge is 0.381 e. The predicted octanol–water partition coefficient (Wildman–Crippen LogP) is 5.20. The second kappa shape index (κ2) is 8.58. The van der Waals surface area contributed by atoms with E-state index < -0.39 is 0 Å². The molecule has 3 aromatic rings. The number of ether oxygens (including phenoxy) is 1. The molecule has 3 saturated heterocycles. The molecular weight excluding hydrogens is 500 g/mol. The minimum Gasteiger partial charge on any atom is -0.381 e. The van der Waals surface area contributed by atoms with Crippen LogP contribution in [0.4, 0.5) is 5.82 Å². The van der Waals surface area contributed by atoms with Crippen LogP contribution >= 0.6 is 11.6 Å². The first-order chi connectivity index (χ1) is 18.3. The van der Waals surface area contributed by atoms with E-state index in [1.165, 1.54) is 12.5 Å². The van der Waals surface area contributed by atoms with Gasteiger partial charge in [0.05, 0.1) is 22.8 Å². The summed E-state index contributed by atoms with van der Waals surface area (Å²) in [7, 11) is 0. The van der Waals surface area contributed by atoms with Crippen LogP contribution in [-0.4, -0.2) is 69.2 Å². The number of nitrogens with zero attached hydrogens (tertiary/aromatic N) is 5. The summed E-state index contributed by atoms with van der Waals surface area (Å²) in [6, 6.07) is 2.39. The molecule has 0 bridgehead atoms. The average molecular weight is 535 g/mol. The van der Waals surface area contributed by atoms with Gasteiger partial charge in [-0.25, -0.2) is 0 Å². The number of carbonyl (C=O) groups excluding carboxylic acids is 1. The number of likely N-dealkylation sites (tertiary alicyclic amines) is 1. The second-order valence-electron chi connectivity index (χ2n) is 12.0. The van der Waals surface area contributed by atoms with Gasteiger partial charge in [0, 0.05) is 66.0 Å². The average Bonchev–Trinajstić information content (AvgIpc) is 3.57. The maximum atomic E-state index is 12.0. The number of hydrogen-bond donors (Lipinski definition) is 1. The van der Waals surface area contributed by atoms with Gasteiger partial charge in [0.25, 0.3) is 0 Å². The van der Waals surface area contributed by atoms with Crippen molar-refractivity contribution in [2.45, 2.75) is 64.0 Å². The first-order valence-corrected chi connectivity index (χ1v) is 14.2. The van der Waals surface area contributed by atoms with E-state index >= 15 is 0 Å².